The van der Waals surface area contributed by atoms with Gasteiger partial charge in [-0.2, -0.15) is 0 Å². The van der Waals surface area contributed by atoms with Gasteiger partial charge in [0.2, 0.25) is 5.91 Å². The minimum Gasteiger partial charge on any atom is -0.394 e. The Kier molecular flexibility index (Phi) is 6.58. The molecule has 1 rings (SSSR count). The number of hydrogen-bond acceptors (Lipinski definition) is 5. The molecule has 0 aromatic heterocycles. The van der Waals surface area contributed by atoms with Gasteiger partial charge in [0.1, 0.15) is 6.61 Å². The SMILES string of the molecule is COCC(=O)Nc1ccc(Cl)c(NCC(O)CO)c1. The zero-order valence-electron chi connectivity index (χ0n) is 10.5. The zero-order valence-corrected chi connectivity index (χ0v) is 11.3. The molecule has 0 bridgehead atoms. The van der Waals surface area contributed by atoms with Crippen LogP contribution in [0.15, 0.2) is 18.2 Å². The highest BCUT2D eigenvalue weighted by Gasteiger charge is 2.07. The minimum atomic E-state index is -0.872. The average molecular weight is 289 g/mol. The van der Waals surface area contributed by atoms with E-state index in [0.29, 0.717) is 16.4 Å². The molecule has 0 aliphatic heterocycles. The summed E-state index contributed by atoms with van der Waals surface area (Å²) in [5.41, 5.74) is 1.12. The van der Waals surface area contributed by atoms with Gasteiger partial charge in [0, 0.05) is 19.3 Å². The van der Waals surface area contributed by atoms with Crippen molar-refractivity contribution in [2.24, 2.45) is 0 Å². The highest BCUT2D eigenvalue weighted by Crippen LogP contribution is 2.25. The first-order valence-electron chi connectivity index (χ1n) is 5.68. The Morgan fingerprint density at radius 3 is 2.89 bits per heavy atom. The van der Waals surface area contributed by atoms with Gasteiger partial charge in [-0.05, 0) is 18.2 Å². The number of ether oxygens (including phenoxy) is 1. The number of carbonyl (C=O) groups is 1. The van der Waals surface area contributed by atoms with Crippen molar-refractivity contribution in [3.63, 3.8) is 0 Å². The Balaban J connectivity index is 2.68. The number of aliphatic hydroxyl groups excluding tert-OH is 2. The van der Waals surface area contributed by atoms with E-state index in [-0.39, 0.29) is 25.7 Å². The Hall–Kier alpha value is -1.34. The van der Waals surface area contributed by atoms with E-state index in [1.54, 1.807) is 18.2 Å². The normalized spacial score (nSPS) is 12.0. The number of aliphatic hydroxyl groups is 2. The van der Waals surface area contributed by atoms with Crippen molar-refractivity contribution in [3.8, 4) is 0 Å². The van der Waals surface area contributed by atoms with Crippen LogP contribution in [0, 0.1) is 0 Å². The largest absolute Gasteiger partial charge is 0.394 e. The molecule has 1 aromatic carbocycles. The molecule has 7 heteroatoms. The van der Waals surface area contributed by atoms with Crippen LogP contribution in [0.2, 0.25) is 5.02 Å². The molecule has 4 N–H and O–H groups in total. The molecular weight excluding hydrogens is 272 g/mol. The molecule has 106 valence electrons. The number of carbonyl (C=O) groups excluding carboxylic acids is 1. The van der Waals surface area contributed by atoms with Crippen LogP contribution in [0.1, 0.15) is 0 Å². The lowest BCUT2D eigenvalue weighted by Crippen LogP contribution is -2.23. The van der Waals surface area contributed by atoms with Crippen molar-refractivity contribution in [1.82, 2.24) is 0 Å². The molecule has 1 atom stereocenters. The lowest BCUT2D eigenvalue weighted by Gasteiger charge is -2.13. The number of benzene rings is 1. The molecule has 6 nitrogen and oxygen atoms in total. The quantitative estimate of drug-likeness (QED) is 0.593. The van der Waals surface area contributed by atoms with Crippen molar-refractivity contribution in [2.75, 3.05) is 37.5 Å². The van der Waals surface area contributed by atoms with Crippen molar-refractivity contribution >= 4 is 28.9 Å². The van der Waals surface area contributed by atoms with E-state index in [2.05, 4.69) is 10.6 Å². The molecule has 0 spiro atoms. The number of rotatable bonds is 7. The summed E-state index contributed by atoms with van der Waals surface area (Å²) in [5.74, 6) is -0.272. The second-order valence-electron chi connectivity index (χ2n) is 3.89. The van der Waals surface area contributed by atoms with Crippen molar-refractivity contribution in [2.45, 2.75) is 6.10 Å². The second-order valence-corrected chi connectivity index (χ2v) is 4.30. The summed E-state index contributed by atoms with van der Waals surface area (Å²) in [6.45, 7) is -0.213. The van der Waals surface area contributed by atoms with Crippen LogP contribution in [-0.2, 0) is 9.53 Å². The topological polar surface area (TPSA) is 90.8 Å². The molecule has 0 aliphatic carbocycles. The fraction of sp³-hybridized carbons (Fsp3) is 0.417. The first kappa shape index (κ1) is 15.7. The van der Waals surface area contributed by atoms with Crippen LogP contribution >= 0.6 is 11.6 Å². The highest BCUT2D eigenvalue weighted by molar-refractivity contribution is 6.33. The molecule has 0 fully saturated rings. The molecule has 1 amide bonds. The summed E-state index contributed by atoms with van der Waals surface area (Å²) in [4.78, 5) is 11.4. The van der Waals surface area contributed by atoms with Crippen molar-refractivity contribution in [3.05, 3.63) is 23.2 Å². The Labute approximate surface area is 116 Å². The first-order chi connectivity index (χ1) is 9.06. The number of methoxy groups -OCH3 is 1. The fourth-order valence-corrected chi connectivity index (χ4v) is 1.54. The second kappa shape index (κ2) is 7.96. The van der Waals surface area contributed by atoms with Gasteiger partial charge in [0.25, 0.3) is 0 Å². The van der Waals surface area contributed by atoms with Crippen LogP contribution in [0.25, 0.3) is 0 Å². The zero-order chi connectivity index (χ0) is 14.3. The molecule has 1 aromatic rings. The summed E-state index contributed by atoms with van der Waals surface area (Å²) < 4.78 is 4.71. The molecule has 0 saturated heterocycles. The Bertz CT molecular complexity index is 428. The Morgan fingerprint density at radius 2 is 2.26 bits per heavy atom. The maximum atomic E-state index is 11.4. The summed E-state index contributed by atoms with van der Waals surface area (Å²) in [6, 6.07) is 4.92. The van der Waals surface area contributed by atoms with Gasteiger partial charge in [-0.1, -0.05) is 11.6 Å². The predicted molar refractivity (Wildman–Crippen MR) is 73.5 cm³/mol. The number of amides is 1. The first-order valence-corrected chi connectivity index (χ1v) is 6.05. The van der Waals surface area contributed by atoms with Crippen molar-refractivity contribution in [1.29, 1.82) is 0 Å². The van der Waals surface area contributed by atoms with E-state index >= 15 is 0 Å². The molecule has 1 unspecified atom stereocenters. The molecule has 19 heavy (non-hydrogen) atoms. The van der Waals surface area contributed by atoms with E-state index in [1.165, 1.54) is 7.11 Å². The van der Waals surface area contributed by atoms with Gasteiger partial charge >= 0.3 is 0 Å². The van der Waals surface area contributed by atoms with Gasteiger partial charge in [0.05, 0.1) is 23.4 Å². The predicted octanol–water partition coefficient (Wildman–Crippen LogP) is 0.690. The number of nitrogens with one attached hydrogen (secondary N) is 2. The van der Waals surface area contributed by atoms with Crippen LogP contribution in [-0.4, -0.2) is 49.1 Å². The lowest BCUT2D eigenvalue weighted by molar-refractivity contribution is -0.119. The van der Waals surface area contributed by atoms with Gasteiger partial charge in [0.15, 0.2) is 0 Å². The smallest absolute Gasteiger partial charge is 0.250 e. The standard InChI is InChI=1S/C12H17ClN2O4/c1-19-7-12(18)15-8-2-3-10(13)11(4-8)14-5-9(17)6-16/h2-4,9,14,16-17H,5-7H2,1H3,(H,15,18). The van der Waals surface area contributed by atoms with Gasteiger partial charge < -0.3 is 25.6 Å². The van der Waals surface area contributed by atoms with Crippen LogP contribution < -0.4 is 10.6 Å². The van der Waals surface area contributed by atoms with E-state index in [1.807, 2.05) is 0 Å². The molecule has 0 aliphatic rings. The van der Waals surface area contributed by atoms with E-state index in [0.717, 1.165) is 0 Å². The lowest BCUT2D eigenvalue weighted by atomic mass is 10.2. The number of hydrogen-bond donors (Lipinski definition) is 4. The third kappa shape index (κ3) is 5.44. The minimum absolute atomic E-state index is 0.0331. The third-order valence-corrected chi connectivity index (χ3v) is 2.59. The fourth-order valence-electron chi connectivity index (χ4n) is 1.36. The molecule has 0 radical (unpaired) electrons. The average Bonchev–Trinajstić information content (AvgIpc) is 2.39. The monoisotopic (exact) mass is 288 g/mol. The maximum absolute atomic E-state index is 11.4. The molecular formula is C12H17ClN2O4. The van der Waals surface area contributed by atoms with E-state index in [9.17, 15) is 9.90 Å². The van der Waals surface area contributed by atoms with Gasteiger partial charge in [-0.15, -0.1) is 0 Å². The van der Waals surface area contributed by atoms with E-state index in [4.69, 9.17) is 21.4 Å². The summed E-state index contributed by atoms with van der Waals surface area (Å²) in [7, 11) is 1.44. The highest BCUT2D eigenvalue weighted by atomic mass is 35.5. The van der Waals surface area contributed by atoms with E-state index < -0.39 is 6.10 Å². The van der Waals surface area contributed by atoms with Crippen molar-refractivity contribution < 1.29 is 19.7 Å². The summed E-state index contributed by atoms with van der Waals surface area (Å²) >= 11 is 5.98. The maximum Gasteiger partial charge on any atom is 0.250 e. The number of anilines is 2. The van der Waals surface area contributed by atoms with Gasteiger partial charge in [-0.3, -0.25) is 4.79 Å². The molecule has 0 saturated carbocycles. The van der Waals surface area contributed by atoms with Gasteiger partial charge in [-0.25, -0.2) is 0 Å². The van der Waals surface area contributed by atoms with Crippen LogP contribution in [0.5, 0.6) is 0 Å². The summed E-state index contributed by atoms with van der Waals surface area (Å²) in [5, 5.41) is 23.9. The van der Waals surface area contributed by atoms with Crippen LogP contribution in [0.4, 0.5) is 11.4 Å². The molecule has 0 heterocycles. The third-order valence-electron chi connectivity index (χ3n) is 2.26. The van der Waals surface area contributed by atoms with Crippen LogP contribution in [0.3, 0.4) is 0 Å². The summed E-state index contributed by atoms with van der Waals surface area (Å²) in [6.07, 6.45) is -0.872. The Morgan fingerprint density at radius 1 is 1.53 bits per heavy atom. The number of halogens is 1.